The van der Waals surface area contributed by atoms with Gasteiger partial charge >= 0.3 is 5.97 Å². The van der Waals surface area contributed by atoms with Crippen LogP contribution >= 0.6 is 12.6 Å². The summed E-state index contributed by atoms with van der Waals surface area (Å²) in [4.78, 5) is 22.8. The number of aromatic hydroxyl groups is 1. The number of anilines is 1. The largest absolute Gasteiger partial charge is 0.507 e. The SMILES string of the molecule is O=C(CCc1ccccc1CS)Nc1ccc(C(=O)O)c(O)c1. The van der Waals surface area contributed by atoms with Gasteiger partial charge in [-0.2, -0.15) is 12.6 Å². The van der Waals surface area contributed by atoms with E-state index in [1.54, 1.807) is 0 Å². The minimum absolute atomic E-state index is 0.203. The molecule has 0 aliphatic carbocycles. The Morgan fingerprint density at radius 3 is 2.39 bits per heavy atom. The number of hydrogen-bond acceptors (Lipinski definition) is 4. The fourth-order valence-corrected chi connectivity index (χ4v) is 2.53. The lowest BCUT2D eigenvalue weighted by molar-refractivity contribution is -0.116. The van der Waals surface area contributed by atoms with E-state index in [0.717, 1.165) is 11.1 Å². The highest BCUT2D eigenvalue weighted by atomic mass is 32.1. The number of carboxylic acid groups (broad SMARTS) is 1. The Morgan fingerprint density at radius 2 is 1.78 bits per heavy atom. The first-order valence-electron chi connectivity index (χ1n) is 7.05. The second-order valence-electron chi connectivity index (χ2n) is 5.01. The van der Waals surface area contributed by atoms with Crippen molar-refractivity contribution in [3.05, 3.63) is 59.2 Å². The molecule has 5 nitrogen and oxygen atoms in total. The van der Waals surface area contributed by atoms with Crippen LogP contribution in [0.3, 0.4) is 0 Å². The summed E-state index contributed by atoms with van der Waals surface area (Å²) in [6, 6.07) is 11.7. The monoisotopic (exact) mass is 331 g/mol. The number of rotatable bonds is 6. The normalized spacial score (nSPS) is 10.3. The Hall–Kier alpha value is -2.47. The molecule has 0 aliphatic rings. The van der Waals surface area contributed by atoms with Crippen molar-refractivity contribution in [3.63, 3.8) is 0 Å². The highest BCUT2D eigenvalue weighted by molar-refractivity contribution is 7.79. The van der Waals surface area contributed by atoms with E-state index >= 15 is 0 Å². The maximum Gasteiger partial charge on any atom is 0.339 e. The molecule has 0 heterocycles. The van der Waals surface area contributed by atoms with Crippen molar-refractivity contribution in [1.29, 1.82) is 0 Å². The average Bonchev–Trinajstić information content (AvgIpc) is 2.53. The second kappa shape index (κ2) is 7.69. The summed E-state index contributed by atoms with van der Waals surface area (Å²) in [5, 5.41) is 21.1. The Kier molecular flexibility index (Phi) is 5.65. The Bertz CT molecular complexity index is 730. The number of phenols is 1. The molecule has 6 heteroatoms. The number of carbonyl (C=O) groups is 2. The molecular weight excluding hydrogens is 314 g/mol. The van der Waals surface area contributed by atoms with Gasteiger partial charge < -0.3 is 15.5 Å². The van der Waals surface area contributed by atoms with E-state index in [2.05, 4.69) is 17.9 Å². The summed E-state index contributed by atoms with van der Waals surface area (Å²) >= 11 is 4.27. The molecule has 0 unspecified atom stereocenters. The zero-order valence-electron chi connectivity index (χ0n) is 12.3. The molecule has 0 fully saturated rings. The van der Waals surface area contributed by atoms with Crippen LogP contribution in [-0.2, 0) is 17.0 Å². The standard InChI is InChI=1S/C17H17NO4S/c19-15-9-13(6-7-14(15)17(21)22)18-16(20)8-5-11-3-1-2-4-12(11)10-23/h1-4,6-7,9,19,23H,5,8,10H2,(H,18,20)(H,21,22). The third kappa shape index (κ3) is 4.50. The van der Waals surface area contributed by atoms with E-state index in [1.807, 2.05) is 24.3 Å². The zero-order chi connectivity index (χ0) is 16.8. The highest BCUT2D eigenvalue weighted by Gasteiger charge is 2.11. The van der Waals surface area contributed by atoms with Gasteiger partial charge in [-0.1, -0.05) is 24.3 Å². The summed E-state index contributed by atoms with van der Waals surface area (Å²) in [6.45, 7) is 0. The van der Waals surface area contributed by atoms with Crippen LogP contribution in [0.4, 0.5) is 5.69 Å². The van der Waals surface area contributed by atoms with Crippen molar-refractivity contribution >= 4 is 30.2 Å². The van der Waals surface area contributed by atoms with Crippen LogP contribution in [0.25, 0.3) is 0 Å². The molecule has 0 saturated carbocycles. The predicted molar refractivity (Wildman–Crippen MR) is 91.1 cm³/mol. The maximum absolute atomic E-state index is 12.0. The average molecular weight is 331 g/mol. The van der Waals surface area contributed by atoms with Crippen LogP contribution in [0.2, 0.25) is 0 Å². The zero-order valence-corrected chi connectivity index (χ0v) is 13.2. The fourth-order valence-electron chi connectivity index (χ4n) is 2.22. The first-order valence-corrected chi connectivity index (χ1v) is 7.68. The fraction of sp³-hybridized carbons (Fsp3) is 0.176. The third-order valence-corrected chi connectivity index (χ3v) is 3.76. The van der Waals surface area contributed by atoms with Crippen molar-refractivity contribution in [2.75, 3.05) is 5.32 Å². The Morgan fingerprint density at radius 1 is 1.09 bits per heavy atom. The summed E-state index contributed by atoms with van der Waals surface area (Å²) in [6.07, 6.45) is 0.869. The molecule has 0 atom stereocenters. The molecule has 0 bridgehead atoms. The Balaban J connectivity index is 1.97. The number of amides is 1. The van der Waals surface area contributed by atoms with Crippen molar-refractivity contribution in [3.8, 4) is 5.75 Å². The van der Waals surface area contributed by atoms with Gasteiger partial charge in [0.25, 0.3) is 0 Å². The lowest BCUT2D eigenvalue weighted by Crippen LogP contribution is -2.13. The lowest BCUT2D eigenvalue weighted by Gasteiger charge is -2.09. The smallest absolute Gasteiger partial charge is 0.339 e. The van der Waals surface area contributed by atoms with E-state index in [-0.39, 0.29) is 23.6 Å². The van der Waals surface area contributed by atoms with Gasteiger partial charge in [0.15, 0.2) is 0 Å². The number of thiol groups is 1. The number of aromatic carboxylic acids is 1. The number of benzene rings is 2. The summed E-state index contributed by atoms with van der Waals surface area (Å²) in [7, 11) is 0. The van der Waals surface area contributed by atoms with Gasteiger partial charge in [-0.25, -0.2) is 4.79 Å². The number of carboxylic acids is 1. The highest BCUT2D eigenvalue weighted by Crippen LogP contribution is 2.22. The minimum Gasteiger partial charge on any atom is -0.507 e. The van der Waals surface area contributed by atoms with Crippen molar-refractivity contribution in [2.24, 2.45) is 0 Å². The van der Waals surface area contributed by atoms with Crippen LogP contribution in [0.5, 0.6) is 5.75 Å². The van der Waals surface area contributed by atoms with E-state index in [1.165, 1.54) is 18.2 Å². The predicted octanol–water partition coefficient (Wildman–Crippen LogP) is 3.09. The lowest BCUT2D eigenvalue weighted by atomic mass is 10.0. The molecular formula is C17H17NO4S. The molecule has 120 valence electrons. The summed E-state index contributed by atoms with van der Waals surface area (Å²) in [5.74, 6) is -1.19. The number of hydrogen-bond donors (Lipinski definition) is 4. The van der Waals surface area contributed by atoms with E-state index < -0.39 is 5.97 Å². The second-order valence-corrected chi connectivity index (χ2v) is 5.33. The molecule has 0 saturated heterocycles. The van der Waals surface area contributed by atoms with Gasteiger partial charge in [0, 0.05) is 23.9 Å². The van der Waals surface area contributed by atoms with Gasteiger partial charge in [-0.05, 0) is 29.7 Å². The van der Waals surface area contributed by atoms with Gasteiger partial charge in [-0.3, -0.25) is 4.79 Å². The van der Waals surface area contributed by atoms with Crippen LogP contribution in [0, 0.1) is 0 Å². The number of aryl methyl sites for hydroxylation is 1. The molecule has 2 aromatic carbocycles. The molecule has 0 radical (unpaired) electrons. The quantitative estimate of drug-likeness (QED) is 0.613. The molecule has 2 rings (SSSR count). The van der Waals surface area contributed by atoms with E-state index in [4.69, 9.17) is 5.11 Å². The maximum atomic E-state index is 12.0. The van der Waals surface area contributed by atoms with Gasteiger partial charge in [0.1, 0.15) is 11.3 Å². The molecule has 0 spiro atoms. The number of carbonyl (C=O) groups excluding carboxylic acids is 1. The van der Waals surface area contributed by atoms with Crippen molar-refractivity contribution < 1.29 is 19.8 Å². The minimum atomic E-state index is -1.22. The van der Waals surface area contributed by atoms with Gasteiger partial charge in [0.2, 0.25) is 5.91 Å². The topological polar surface area (TPSA) is 86.6 Å². The molecule has 1 amide bonds. The van der Waals surface area contributed by atoms with Crippen molar-refractivity contribution in [1.82, 2.24) is 0 Å². The number of nitrogens with one attached hydrogen (secondary N) is 1. The van der Waals surface area contributed by atoms with Crippen LogP contribution in [0.1, 0.15) is 27.9 Å². The van der Waals surface area contributed by atoms with Crippen LogP contribution < -0.4 is 5.32 Å². The Labute approximate surface area is 139 Å². The van der Waals surface area contributed by atoms with E-state index in [0.29, 0.717) is 17.9 Å². The van der Waals surface area contributed by atoms with Gasteiger partial charge in [0.05, 0.1) is 0 Å². The van der Waals surface area contributed by atoms with Crippen molar-refractivity contribution in [2.45, 2.75) is 18.6 Å². The van der Waals surface area contributed by atoms with Gasteiger partial charge in [-0.15, -0.1) is 0 Å². The summed E-state index contributed by atoms with van der Waals surface area (Å²) in [5.41, 5.74) is 2.32. The first-order chi connectivity index (χ1) is 11.0. The van der Waals surface area contributed by atoms with Crippen LogP contribution in [0.15, 0.2) is 42.5 Å². The van der Waals surface area contributed by atoms with Crippen LogP contribution in [-0.4, -0.2) is 22.1 Å². The molecule has 0 aliphatic heterocycles. The molecule has 0 aromatic heterocycles. The molecule has 2 aromatic rings. The van der Waals surface area contributed by atoms with E-state index in [9.17, 15) is 14.7 Å². The summed E-state index contributed by atoms with van der Waals surface area (Å²) < 4.78 is 0. The molecule has 3 N–H and O–H groups in total. The molecule has 23 heavy (non-hydrogen) atoms. The first kappa shape index (κ1) is 16.9. The third-order valence-electron chi connectivity index (χ3n) is 3.42.